The molecular weight excluding hydrogens is 673 g/mol. The molecule has 0 amide bonds. The van der Waals surface area contributed by atoms with Gasteiger partial charge in [-0.05, 0) is 121 Å². The third-order valence-corrected chi connectivity index (χ3v) is 11.4. The van der Waals surface area contributed by atoms with Crippen molar-refractivity contribution >= 4 is 60.2 Å². The average molecular weight is 707 g/mol. The highest BCUT2D eigenvalue weighted by Gasteiger charge is 2.15. The van der Waals surface area contributed by atoms with Crippen molar-refractivity contribution in [2.24, 2.45) is 0 Å². The van der Waals surface area contributed by atoms with Crippen LogP contribution in [0.2, 0.25) is 0 Å². The number of hydrogen-bond acceptors (Lipinski definition) is 3. The summed E-state index contributed by atoms with van der Waals surface area (Å²) in [6.45, 7) is 0. The van der Waals surface area contributed by atoms with E-state index >= 15 is 0 Å². The molecule has 0 spiro atoms. The van der Waals surface area contributed by atoms with Crippen molar-refractivity contribution in [3.8, 4) is 43.8 Å². The fraction of sp³-hybridized carbons (Fsp3) is 0. The number of rotatable bonds is 7. The van der Waals surface area contributed by atoms with Crippen molar-refractivity contribution < 1.29 is 0 Å². The first-order valence-corrected chi connectivity index (χ1v) is 19.1. The molecule has 2 aromatic heterocycles. The van der Waals surface area contributed by atoms with Gasteiger partial charge in [0.15, 0.2) is 0 Å². The summed E-state index contributed by atoms with van der Waals surface area (Å²) in [7, 11) is 0. The summed E-state index contributed by atoms with van der Waals surface area (Å²) in [5.41, 5.74) is 11.7. The van der Waals surface area contributed by atoms with Crippen LogP contribution in [0.1, 0.15) is 0 Å². The molecule has 0 bridgehead atoms. The highest BCUT2D eigenvalue weighted by atomic mass is 32.1. The lowest BCUT2D eigenvalue weighted by Crippen LogP contribution is -2.09. The second kappa shape index (κ2) is 13.6. The van der Waals surface area contributed by atoms with Gasteiger partial charge in [-0.3, -0.25) is 0 Å². The van der Waals surface area contributed by atoms with E-state index in [1.807, 2.05) is 12.3 Å². The number of aromatic nitrogens is 1. The van der Waals surface area contributed by atoms with Gasteiger partial charge >= 0.3 is 0 Å². The average Bonchev–Trinajstić information content (AvgIpc) is 3.69. The van der Waals surface area contributed by atoms with Gasteiger partial charge in [0.25, 0.3) is 0 Å². The van der Waals surface area contributed by atoms with Crippen LogP contribution in [0.5, 0.6) is 0 Å². The minimum atomic E-state index is 1.07. The van der Waals surface area contributed by atoms with Gasteiger partial charge in [-0.25, -0.2) is 4.98 Å². The lowest BCUT2D eigenvalue weighted by Gasteiger charge is -2.26. The smallest absolute Gasteiger partial charge is 0.123 e. The molecule has 0 saturated carbocycles. The van der Waals surface area contributed by atoms with Crippen LogP contribution in [-0.2, 0) is 0 Å². The Morgan fingerprint density at radius 2 is 0.704 bits per heavy atom. The van der Waals surface area contributed by atoms with Crippen LogP contribution < -0.4 is 4.90 Å². The van der Waals surface area contributed by atoms with Crippen LogP contribution in [-0.4, -0.2) is 4.98 Å². The Morgan fingerprint density at radius 1 is 0.315 bits per heavy atom. The maximum Gasteiger partial charge on any atom is 0.123 e. The fourth-order valence-corrected chi connectivity index (χ4v) is 8.44. The van der Waals surface area contributed by atoms with Gasteiger partial charge in [0, 0.05) is 33.5 Å². The Bertz CT molecular complexity index is 2750. The summed E-state index contributed by atoms with van der Waals surface area (Å²) in [6, 6.07) is 72.5. The third-order valence-electron chi connectivity index (χ3n) is 10.3. The molecule has 0 atom stereocenters. The molecule has 0 unspecified atom stereocenters. The first-order valence-electron chi connectivity index (χ1n) is 18.3. The zero-order valence-electron chi connectivity index (χ0n) is 29.4. The number of hydrogen-bond donors (Lipinski definition) is 0. The summed E-state index contributed by atoms with van der Waals surface area (Å²) >= 11 is 1.74. The number of thiophene rings is 1. The van der Waals surface area contributed by atoms with Crippen molar-refractivity contribution in [2.75, 3.05) is 4.90 Å². The molecule has 0 aliphatic carbocycles. The van der Waals surface area contributed by atoms with Gasteiger partial charge in [0.05, 0.1) is 0 Å². The number of pyridine rings is 1. The standard InChI is InChI=1S/C51H34N2S/c1-3-8-42-32-44(17-13-35(42)6-1)39-21-27-48(28-22-39)53(49-29-23-40(24-30-49)45-18-14-36-7-2-4-9-43(36)33-45)47-25-19-38(20-26-47)37-11-15-41(16-12-37)50-34-46-10-5-31-52-51(46)54-50/h1-34H. The van der Waals surface area contributed by atoms with E-state index in [4.69, 9.17) is 0 Å². The molecule has 0 aliphatic heterocycles. The van der Waals surface area contributed by atoms with Crippen LogP contribution in [0, 0.1) is 0 Å². The van der Waals surface area contributed by atoms with Crippen LogP contribution >= 0.6 is 11.3 Å². The van der Waals surface area contributed by atoms with Gasteiger partial charge in [-0.1, -0.05) is 140 Å². The largest absolute Gasteiger partial charge is 0.311 e. The molecule has 2 heterocycles. The highest BCUT2D eigenvalue weighted by molar-refractivity contribution is 7.21. The maximum absolute atomic E-state index is 4.53. The van der Waals surface area contributed by atoms with E-state index in [0.717, 1.165) is 21.9 Å². The van der Waals surface area contributed by atoms with Crippen LogP contribution in [0.15, 0.2) is 206 Å². The number of fused-ring (bicyclic) bond motifs is 3. The molecule has 54 heavy (non-hydrogen) atoms. The van der Waals surface area contributed by atoms with Crippen molar-refractivity contribution in [1.82, 2.24) is 4.98 Å². The molecule has 0 N–H and O–H groups in total. The molecule has 0 saturated heterocycles. The summed E-state index contributed by atoms with van der Waals surface area (Å²) in [5, 5.41) is 6.20. The fourth-order valence-electron chi connectivity index (χ4n) is 7.44. The van der Waals surface area contributed by atoms with E-state index in [2.05, 4.69) is 204 Å². The van der Waals surface area contributed by atoms with Gasteiger partial charge in [-0.15, -0.1) is 11.3 Å². The Hall–Kier alpha value is -6.81. The summed E-state index contributed by atoms with van der Waals surface area (Å²) in [5.74, 6) is 0. The van der Waals surface area contributed by atoms with Crippen LogP contribution in [0.4, 0.5) is 17.1 Å². The number of nitrogens with zero attached hydrogens (tertiary/aromatic N) is 2. The zero-order chi connectivity index (χ0) is 35.8. The van der Waals surface area contributed by atoms with Gasteiger partial charge in [0.2, 0.25) is 0 Å². The van der Waals surface area contributed by atoms with E-state index in [1.54, 1.807) is 11.3 Å². The summed E-state index contributed by atoms with van der Waals surface area (Å²) in [4.78, 5) is 9.18. The first-order chi connectivity index (χ1) is 26.7. The molecule has 254 valence electrons. The Balaban J connectivity index is 0.980. The molecular formula is C51H34N2S. The second-order valence-electron chi connectivity index (χ2n) is 13.7. The highest BCUT2D eigenvalue weighted by Crippen LogP contribution is 2.39. The molecule has 8 aromatic carbocycles. The molecule has 0 fully saturated rings. The van der Waals surface area contributed by atoms with Crippen LogP contribution in [0.25, 0.3) is 75.6 Å². The molecule has 2 nitrogen and oxygen atoms in total. The molecule has 0 aliphatic rings. The van der Waals surface area contributed by atoms with E-state index in [1.165, 1.54) is 70.8 Å². The predicted octanol–water partition coefficient (Wildman–Crippen LogP) is 14.7. The lowest BCUT2D eigenvalue weighted by molar-refractivity contribution is 1.28. The normalized spacial score (nSPS) is 11.3. The maximum atomic E-state index is 4.53. The van der Waals surface area contributed by atoms with E-state index in [0.29, 0.717) is 0 Å². The lowest BCUT2D eigenvalue weighted by atomic mass is 10.00. The number of benzene rings is 8. The van der Waals surface area contributed by atoms with E-state index in [9.17, 15) is 0 Å². The van der Waals surface area contributed by atoms with Crippen molar-refractivity contribution in [3.63, 3.8) is 0 Å². The van der Waals surface area contributed by atoms with Crippen molar-refractivity contribution in [1.29, 1.82) is 0 Å². The Labute approximate surface area is 318 Å². The minimum Gasteiger partial charge on any atom is -0.311 e. The zero-order valence-corrected chi connectivity index (χ0v) is 30.2. The van der Waals surface area contributed by atoms with Gasteiger partial charge in [-0.2, -0.15) is 0 Å². The SMILES string of the molecule is c1ccc2cc(-c3ccc(N(c4ccc(-c5ccc(-c6cc7cccnc7s6)cc5)cc4)c4ccc(-c5ccc6ccccc6c5)cc4)cc3)ccc2c1. The van der Waals surface area contributed by atoms with Crippen LogP contribution in [0.3, 0.4) is 0 Å². The predicted molar refractivity (Wildman–Crippen MR) is 231 cm³/mol. The van der Waals surface area contributed by atoms with Crippen molar-refractivity contribution in [3.05, 3.63) is 206 Å². The molecule has 10 rings (SSSR count). The second-order valence-corrected chi connectivity index (χ2v) is 14.7. The molecule has 3 heteroatoms. The summed E-state index contributed by atoms with van der Waals surface area (Å²) in [6.07, 6.45) is 1.86. The minimum absolute atomic E-state index is 1.07. The number of anilines is 3. The molecule has 10 aromatic rings. The van der Waals surface area contributed by atoms with E-state index < -0.39 is 0 Å². The first kappa shape index (κ1) is 31.9. The molecule has 0 radical (unpaired) electrons. The monoisotopic (exact) mass is 706 g/mol. The third kappa shape index (κ3) is 6.11. The summed E-state index contributed by atoms with van der Waals surface area (Å²) < 4.78 is 0. The van der Waals surface area contributed by atoms with Gasteiger partial charge < -0.3 is 4.90 Å². The van der Waals surface area contributed by atoms with Gasteiger partial charge in [0.1, 0.15) is 4.83 Å². The Kier molecular flexibility index (Phi) is 8.05. The van der Waals surface area contributed by atoms with Crippen molar-refractivity contribution in [2.45, 2.75) is 0 Å². The van der Waals surface area contributed by atoms with E-state index in [-0.39, 0.29) is 0 Å². The topological polar surface area (TPSA) is 16.1 Å². The quantitative estimate of drug-likeness (QED) is 0.164. The Morgan fingerprint density at radius 3 is 1.19 bits per heavy atom.